The first-order valence-corrected chi connectivity index (χ1v) is 13.7. The minimum Gasteiger partial charge on any atom is -0.497 e. The van der Waals surface area contributed by atoms with Crippen LogP contribution in [0.3, 0.4) is 0 Å². The first-order chi connectivity index (χ1) is 18.9. The van der Waals surface area contributed by atoms with Crippen molar-refractivity contribution < 1.29 is 14.3 Å². The molecule has 0 amide bonds. The van der Waals surface area contributed by atoms with Crippen molar-refractivity contribution >= 4 is 29.1 Å². The van der Waals surface area contributed by atoms with Crippen molar-refractivity contribution in [1.29, 1.82) is 0 Å². The second kappa shape index (κ2) is 11.3. The normalized spacial score (nSPS) is 15.2. The van der Waals surface area contributed by atoms with Crippen LogP contribution in [-0.4, -0.2) is 24.3 Å². The van der Waals surface area contributed by atoms with Gasteiger partial charge in [0.05, 0.1) is 35.6 Å². The van der Waals surface area contributed by atoms with Crippen LogP contribution in [0.5, 0.6) is 5.75 Å². The summed E-state index contributed by atoms with van der Waals surface area (Å²) >= 11 is 1.32. The predicted octanol–water partition coefficient (Wildman–Crippen LogP) is 5.07. The van der Waals surface area contributed by atoms with Crippen LogP contribution in [0.25, 0.3) is 11.8 Å². The summed E-state index contributed by atoms with van der Waals surface area (Å²) in [6, 6.07) is 24.4. The highest BCUT2D eigenvalue weighted by Gasteiger charge is 2.35. The van der Waals surface area contributed by atoms with E-state index in [1.165, 1.54) is 16.9 Å². The van der Waals surface area contributed by atoms with Gasteiger partial charge in [0, 0.05) is 5.56 Å². The molecular formula is C32H30N2O4S. The van der Waals surface area contributed by atoms with Gasteiger partial charge in [0.25, 0.3) is 5.56 Å². The number of esters is 1. The Morgan fingerprint density at radius 3 is 2.33 bits per heavy atom. The van der Waals surface area contributed by atoms with Crippen molar-refractivity contribution in [3.05, 3.63) is 126 Å². The first kappa shape index (κ1) is 26.4. The Labute approximate surface area is 231 Å². The van der Waals surface area contributed by atoms with Crippen molar-refractivity contribution in [2.24, 2.45) is 4.99 Å². The van der Waals surface area contributed by atoms with Gasteiger partial charge in [-0.1, -0.05) is 91.9 Å². The quantitative estimate of drug-likeness (QED) is 0.308. The van der Waals surface area contributed by atoms with Crippen LogP contribution in [0.4, 0.5) is 0 Å². The van der Waals surface area contributed by atoms with Gasteiger partial charge in [-0.05, 0) is 47.7 Å². The number of ether oxygens (including phenoxy) is 2. The first-order valence-electron chi connectivity index (χ1n) is 12.9. The molecule has 6 nitrogen and oxygen atoms in total. The molecule has 4 aromatic rings. The summed E-state index contributed by atoms with van der Waals surface area (Å²) in [4.78, 5) is 32.9. The summed E-state index contributed by atoms with van der Waals surface area (Å²) in [6.07, 6.45) is 1.88. The van der Waals surface area contributed by atoms with Crippen LogP contribution in [-0.2, 0) is 9.53 Å². The van der Waals surface area contributed by atoms with E-state index < -0.39 is 12.0 Å². The molecule has 2 heterocycles. The molecule has 7 heteroatoms. The number of thiazole rings is 1. The van der Waals surface area contributed by atoms with Gasteiger partial charge in [-0.2, -0.15) is 0 Å². The third-order valence-corrected chi connectivity index (χ3v) is 7.69. The number of nitrogens with zero attached hydrogens (tertiary/aromatic N) is 2. The van der Waals surface area contributed by atoms with Gasteiger partial charge in [-0.25, -0.2) is 9.79 Å². The summed E-state index contributed by atoms with van der Waals surface area (Å²) in [5.74, 6) is 0.604. The Bertz CT molecular complexity index is 1700. The fourth-order valence-corrected chi connectivity index (χ4v) is 5.67. The molecule has 0 saturated heterocycles. The lowest BCUT2D eigenvalue weighted by Crippen LogP contribution is -2.40. The summed E-state index contributed by atoms with van der Waals surface area (Å²) in [6.45, 7) is 6.27. The van der Waals surface area contributed by atoms with Gasteiger partial charge in [-0.15, -0.1) is 0 Å². The lowest BCUT2D eigenvalue weighted by atomic mass is 9.93. The zero-order chi connectivity index (χ0) is 27.5. The molecule has 0 unspecified atom stereocenters. The third-order valence-electron chi connectivity index (χ3n) is 6.71. The molecule has 0 bridgehead atoms. The highest BCUT2D eigenvalue weighted by molar-refractivity contribution is 7.07. The average molecular weight is 539 g/mol. The lowest BCUT2D eigenvalue weighted by Gasteiger charge is -2.26. The average Bonchev–Trinajstić information content (AvgIpc) is 3.27. The number of rotatable bonds is 7. The van der Waals surface area contributed by atoms with Gasteiger partial charge in [0.15, 0.2) is 4.80 Å². The minimum atomic E-state index is -0.716. The molecule has 0 radical (unpaired) electrons. The Kier molecular flexibility index (Phi) is 7.61. The largest absolute Gasteiger partial charge is 0.497 e. The third kappa shape index (κ3) is 5.22. The van der Waals surface area contributed by atoms with Crippen LogP contribution in [0.1, 0.15) is 55.0 Å². The highest BCUT2D eigenvalue weighted by atomic mass is 32.1. The van der Waals surface area contributed by atoms with E-state index in [9.17, 15) is 9.59 Å². The number of benzene rings is 3. The Hall–Kier alpha value is -4.23. The van der Waals surface area contributed by atoms with E-state index in [1.54, 1.807) is 18.6 Å². The predicted molar refractivity (Wildman–Crippen MR) is 155 cm³/mol. The molecule has 1 aliphatic heterocycles. The zero-order valence-electron chi connectivity index (χ0n) is 22.4. The molecule has 0 N–H and O–H groups in total. The molecule has 0 aliphatic carbocycles. The van der Waals surface area contributed by atoms with Crippen molar-refractivity contribution in [3.8, 4) is 5.75 Å². The number of carbonyl (C=O) groups is 1. The Morgan fingerprint density at radius 2 is 1.72 bits per heavy atom. The molecular weight excluding hydrogens is 508 g/mol. The van der Waals surface area contributed by atoms with Gasteiger partial charge < -0.3 is 9.47 Å². The molecule has 39 heavy (non-hydrogen) atoms. The number of fused-ring (bicyclic) bond motifs is 1. The van der Waals surface area contributed by atoms with E-state index in [0.717, 1.165) is 16.7 Å². The van der Waals surface area contributed by atoms with Gasteiger partial charge in [0.2, 0.25) is 0 Å². The molecule has 1 aromatic heterocycles. The van der Waals surface area contributed by atoms with Crippen LogP contribution in [0.2, 0.25) is 0 Å². The van der Waals surface area contributed by atoms with E-state index >= 15 is 0 Å². The van der Waals surface area contributed by atoms with Gasteiger partial charge in [-0.3, -0.25) is 9.36 Å². The van der Waals surface area contributed by atoms with Crippen LogP contribution < -0.4 is 19.6 Å². The smallest absolute Gasteiger partial charge is 0.338 e. The number of aromatic nitrogens is 1. The van der Waals surface area contributed by atoms with Crippen molar-refractivity contribution in [1.82, 2.24) is 4.57 Å². The van der Waals surface area contributed by atoms with Crippen molar-refractivity contribution in [2.45, 2.75) is 32.7 Å². The van der Waals surface area contributed by atoms with Gasteiger partial charge in [0.1, 0.15) is 5.75 Å². The molecule has 1 atom stereocenters. The standard InChI is InChI=1S/C32H30N2O4S/c1-5-38-31(36)27-28(23-9-7-6-8-10-23)33-32-34(29(27)24-15-17-25(37-4)18-16-24)30(35)26(39-32)19-21-11-13-22(14-12-21)20(2)3/h6-20,29H,5H2,1-4H3/b26-19-/t29-/m0/s1. The van der Waals surface area contributed by atoms with Crippen LogP contribution >= 0.6 is 11.3 Å². The van der Waals surface area contributed by atoms with E-state index in [4.69, 9.17) is 14.5 Å². The minimum absolute atomic E-state index is 0.205. The fraction of sp³-hybridized carbons (Fsp3) is 0.219. The SMILES string of the molecule is CCOC(=O)C1=C(c2ccccc2)N=c2s/c(=C\c3ccc(C(C)C)cc3)c(=O)n2[C@H]1c1ccc(OC)cc1. The van der Waals surface area contributed by atoms with E-state index in [-0.39, 0.29) is 12.2 Å². The topological polar surface area (TPSA) is 69.9 Å². The fourth-order valence-electron chi connectivity index (χ4n) is 4.67. The molecule has 1 aliphatic rings. The van der Waals surface area contributed by atoms with E-state index in [0.29, 0.717) is 32.3 Å². The summed E-state index contributed by atoms with van der Waals surface area (Å²) in [7, 11) is 1.60. The maximum absolute atomic E-state index is 14.0. The molecule has 5 rings (SSSR count). The Balaban J connectivity index is 1.77. The second-order valence-electron chi connectivity index (χ2n) is 9.53. The summed E-state index contributed by atoms with van der Waals surface area (Å²) in [5, 5.41) is 0. The summed E-state index contributed by atoms with van der Waals surface area (Å²) < 4.78 is 13.0. The zero-order valence-corrected chi connectivity index (χ0v) is 23.2. The highest BCUT2D eigenvalue weighted by Crippen LogP contribution is 2.35. The van der Waals surface area contributed by atoms with Crippen molar-refractivity contribution in [2.75, 3.05) is 13.7 Å². The van der Waals surface area contributed by atoms with Crippen molar-refractivity contribution in [3.63, 3.8) is 0 Å². The van der Waals surface area contributed by atoms with Crippen LogP contribution in [0.15, 0.2) is 94.2 Å². The number of hydrogen-bond donors (Lipinski definition) is 0. The molecule has 0 spiro atoms. The molecule has 0 fully saturated rings. The maximum Gasteiger partial charge on any atom is 0.338 e. The molecule has 198 valence electrons. The number of methoxy groups -OCH3 is 1. The second-order valence-corrected chi connectivity index (χ2v) is 10.5. The van der Waals surface area contributed by atoms with E-state index in [2.05, 4.69) is 26.0 Å². The molecule has 3 aromatic carbocycles. The lowest BCUT2D eigenvalue weighted by molar-refractivity contribution is -0.138. The monoisotopic (exact) mass is 538 g/mol. The molecule has 0 saturated carbocycles. The van der Waals surface area contributed by atoms with Gasteiger partial charge >= 0.3 is 5.97 Å². The number of hydrogen-bond acceptors (Lipinski definition) is 6. The number of carbonyl (C=O) groups excluding carboxylic acids is 1. The van der Waals surface area contributed by atoms with E-state index in [1.807, 2.05) is 72.8 Å². The Morgan fingerprint density at radius 1 is 1.03 bits per heavy atom. The summed E-state index contributed by atoms with van der Waals surface area (Å²) in [5.41, 5.74) is 4.33. The van der Waals surface area contributed by atoms with Crippen LogP contribution in [0, 0.1) is 0 Å². The maximum atomic E-state index is 14.0.